The van der Waals surface area contributed by atoms with Gasteiger partial charge in [0.25, 0.3) is 0 Å². The molecule has 0 fully saturated rings. The smallest absolute Gasteiger partial charge is 0.115 e. The average molecular weight is 307 g/mol. The second-order valence-electron chi connectivity index (χ2n) is 5.22. The van der Waals surface area contributed by atoms with Gasteiger partial charge in [-0.15, -0.1) is 11.3 Å². The van der Waals surface area contributed by atoms with Crippen LogP contribution in [0.1, 0.15) is 46.9 Å². The van der Waals surface area contributed by atoms with Crippen molar-refractivity contribution in [3.05, 3.63) is 50.4 Å². The van der Waals surface area contributed by atoms with Crippen LogP contribution in [0.25, 0.3) is 0 Å². The molecular formula is C16H19ClN2S. The van der Waals surface area contributed by atoms with Gasteiger partial charge in [-0.3, -0.25) is 0 Å². The number of thiazole rings is 1. The lowest BCUT2D eigenvalue weighted by molar-refractivity contribution is 0.594. The van der Waals surface area contributed by atoms with Crippen LogP contribution in [0.5, 0.6) is 0 Å². The van der Waals surface area contributed by atoms with E-state index in [1.807, 2.05) is 29.5 Å². The molecule has 4 heteroatoms. The van der Waals surface area contributed by atoms with Crippen LogP contribution in [-0.2, 0) is 12.8 Å². The Balaban J connectivity index is 1.92. The molecule has 0 saturated carbocycles. The fourth-order valence-corrected chi connectivity index (χ4v) is 4.11. The van der Waals surface area contributed by atoms with Gasteiger partial charge in [0.1, 0.15) is 5.01 Å². The molecule has 2 nitrogen and oxygen atoms in total. The number of halogens is 1. The van der Waals surface area contributed by atoms with E-state index in [0.29, 0.717) is 0 Å². The summed E-state index contributed by atoms with van der Waals surface area (Å²) in [6.07, 6.45) is 4.71. The minimum Gasteiger partial charge on any atom is -0.304 e. The zero-order chi connectivity index (χ0) is 13.9. The van der Waals surface area contributed by atoms with Crippen molar-refractivity contribution in [2.45, 2.75) is 38.6 Å². The quantitative estimate of drug-likeness (QED) is 0.887. The number of nitrogens with zero attached hydrogens (tertiary/aromatic N) is 1. The van der Waals surface area contributed by atoms with Crippen LogP contribution in [0.15, 0.2) is 24.3 Å². The van der Waals surface area contributed by atoms with Gasteiger partial charge in [-0.2, -0.15) is 0 Å². The standard InChI is InChI=1S/C16H19ClN2S/c1-2-9-18-15(11-5-3-6-12(17)10-11)16-19-13-7-4-8-14(13)20-16/h3,5-6,10,15,18H,2,4,7-9H2,1H3. The minimum absolute atomic E-state index is 0.171. The van der Waals surface area contributed by atoms with Crippen molar-refractivity contribution in [1.82, 2.24) is 10.3 Å². The van der Waals surface area contributed by atoms with E-state index >= 15 is 0 Å². The highest BCUT2D eigenvalue weighted by Crippen LogP contribution is 2.33. The zero-order valence-corrected chi connectivity index (χ0v) is 13.2. The molecule has 1 aromatic heterocycles. The Morgan fingerprint density at radius 2 is 2.30 bits per heavy atom. The van der Waals surface area contributed by atoms with Gasteiger partial charge in [0.2, 0.25) is 0 Å². The summed E-state index contributed by atoms with van der Waals surface area (Å²) in [7, 11) is 0. The SMILES string of the molecule is CCCNC(c1cccc(Cl)c1)c1nc2c(s1)CCC2. The summed E-state index contributed by atoms with van der Waals surface area (Å²) < 4.78 is 0. The highest BCUT2D eigenvalue weighted by molar-refractivity contribution is 7.11. The first kappa shape index (κ1) is 14.1. The molecule has 1 heterocycles. The van der Waals surface area contributed by atoms with Gasteiger partial charge >= 0.3 is 0 Å². The predicted octanol–water partition coefficient (Wildman–Crippen LogP) is 4.37. The first-order valence-corrected chi connectivity index (χ1v) is 8.44. The van der Waals surface area contributed by atoms with E-state index in [1.54, 1.807) is 0 Å². The van der Waals surface area contributed by atoms with Crippen LogP contribution < -0.4 is 5.32 Å². The number of aryl methyl sites for hydroxylation is 2. The third kappa shape index (κ3) is 2.90. The van der Waals surface area contributed by atoms with E-state index in [-0.39, 0.29) is 6.04 Å². The van der Waals surface area contributed by atoms with E-state index in [1.165, 1.54) is 34.0 Å². The summed E-state index contributed by atoms with van der Waals surface area (Å²) in [5, 5.41) is 5.58. The van der Waals surface area contributed by atoms with Crippen LogP contribution in [-0.4, -0.2) is 11.5 Å². The second kappa shape index (κ2) is 6.25. The number of fused-ring (bicyclic) bond motifs is 1. The number of benzene rings is 1. The Bertz CT molecular complexity index is 572. The molecular weight excluding hydrogens is 288 g/mol. The monoisotopic (exact) mass is 306 g/mol. The minimum atomic E-state index is 0.171. The van der Waals surface area contributed by atoms with E-state index in [0.717, 1.165) is 24.4 Å². The molecule has 0 bridgehead atoms. The van der Waals surface area contributed by atoms with Gasteiger partial charge in [-0.25, -0.2) is 4.98 Å². The van der Waals surface area contributed by atoms with E-state index in [2.05, 4.69) is 18.3 Å². The maximum atomic E-state index is 6.14. The second-order valence-corrected chi connectivity index (χ2v) is 6.77. The lowest BCUT2D eigenvalue weighted by Crippen LogP contribution is -2.23. The van der Waals surface area contributed by atoms with Gasteiger partial charge in [0, 0.05) is 9.90 Å². The van der Waals surface area contributed by atoms with Gasteiger partial charge in [0.05, 0.1) is 11.7 Å². The van der Waals surface area contributed by atoms with Crippen LogP contribution >= 0.6 is 22.9 Å². The van der Waals surface area contributed by atoms with Crippen molar-refractivity contribution in [2.24, 2.45) is 0 Å². The van der Waals surface area contributed by atoms with Gasteiger partial charge in [0.15, 0.2) is 0 Å². The highest BCUT2D eigenvalue weighted by Gasteiger charge is 2.22. The number of hydrogen-bond acceptors (Lipinski definition) is 3. The van der Waals surface area contributed by atoms with Crippen LogP contribution in [0, 0.1) is 0 Å². The topological polar surface area (TPSA) is 24.9 Å². The lowest BCUT2D eigenvalue weighted by Gasteiger charge is -2.17. The predicted molar refractivity (Wildman–Crippen MR) is 85.7 cm³/mol. The molecule has 3 rings (SSSR count). The fourth-order valence-electron chi connectivity index (χ4n) is 2.66. The molecule has 0 radical (unpaired) electrons. The molecule has 20 heavy (non-hydrogen) atoms. The Labute approximate surface area is 129 Å². The maximum absolute atomic E-state index is 6.14. The number of hydrogen-bond donors (Lipinski definition) is 1. The fraction of sp³-hybridized carbons (Fsp3) is 0.438. The maximum Gasteiger partial charge on any atom is 0.115 e. The molecule has 0 spiro atoms. The molecule has 0 aliphatic heterocycles. The average Bonchev–Trinajstić information content (AvgIpc) is 3.00. The Morgan fingerprint density at radius 1 is 1.40 bits per heavy atom. The molecule has 1 aliphatic carbocycles. The molecule has 0 saturated heterocycles. The molecule has 1 atom stereocenters. The van der Waals surface area contributed by atoms with E-state index in [9.17, 15) is 0 Å². The summed E-state index contributed by atoms with van der Waals surface area (Å²) in [5.41, 5.74) is 2.52. The molecule has 1 aromatic carbocycles. The van der Waals surface area contributed by atoms with Crippen molar-refractivity contribution in [1.29, 1.82) is 0 Å². The first-order valence-electron chi connectivity index (χ1n) is 7.25. The Hall–Kier alpha value is -0.900. The zero-order valence-electron chi connectivity index (χ0n) is 11.7. The molecule has 0 amide bonds. The highest BCUT2D eigenvalue weighted by atomic mass is 35.5. The van der Waals surface area contributed by atoms with Gasteiger partial charge in [-0.1, -0.05) is 30.7 Å². The van der Waals surface area contributed by atoms with Crippen molar-refractivity contribution in [2.75, 3.05) is 6.54 Å². The summed E-state index contributed by atoms with van der Waals surface area (Å²) in [6.45, 7) is 3.17. The third-order valence-corrected chi connectivity index (χ3v) is 5.10. The summed E-state index contributed by atoms with van der Waals surface area (Å²) >= 11 is 8.01. The summed E-state index contributed by atoms with van der Waals surface area (Å²) in [5.74, 6) is 0. The van der Waals surface area contributed by atoms with Gasteiger partial charge in [-0.05, 0) is 49.9 Å². The van der Waals surface area contributed by atoms with Crippen molar-refractivity contribution in [3.63, 3.8) is 0 Å². The number of aromatic nitrogens is 1. The van der Waals surface area contributed by atoms with Crippen molar-refractivity contribution >= 4 is 22.9 Å². The van der Waals surface area contributed by atoms with Crippen molar-refractivity contribution in [3.8, 4) is 0 Å². The largest absolute Gasteiger partial charge is 0.304 e. The number of nitrogens with one attached hydrogen (secondary N) is 1. The number of rotatable bonds is 5. The Morgan fingerprint density at radius 3 is 3.05 bits per heavy atom. The summed E-state index contributed by atoms with van der Waals surface area (Å²) in [4.78, 5) is 6.34. The Kier molecular flexibility index (Phi) is 4.39. The van der Waals surface area contributed by atoms with Crippen LogP contribution in [0.4, 0.5) is 0 Å². The molecule has 1 aliphatic rings. The van der Waals surface area contributed by atoms with Crippen molar-refractivity contribution < 1.29 is 0 Å². The summed E-state index contributed by atoms with van der Waals surface area (Å²) in [6, 6.07) is 8.28. The molecule has 1 unspecified atom stereocenters. The first-order chi connectivity index (χ1) is 9.78. The molecule has 106 valence electrons. The lowest BCUT2D eigenvalue weighted by atomic mass is 10.1. The van der Waals surface area contributed by atoms with Gasteiger partial charge < -0.3 is 5.32 Å². The molecule has 2 aromatic rings. The van der Waals surface area contributed by atoms with Crippen LogP contribution in [0.3, 0.4) is 0 Å². The normalized spacial score (nSPS) is 15.3. The van der Waals surface area contributed by atoms with E-state index < -0.39 is 0 Å². The van der Waals surface area contributed by atoms with E-state index in [4.69, 9.17) is 16.6 Å². The molecule has 1 N–H and O–H groups in total. The van der Waals surface area contributed by atoms with Crippen LogP contribution in [0.2, 0.25) is 5.02 Å². The third-order valence-electron chi connectivity index (χ3n) is 3.64.